The first-order valence-electron chi connectivity index (χ1n) is 4.83. The summed E-state index contributed by atoms with van der Waals surface area (Å²) in [5.41, 5.74) is -0.193. The highest BCUT2D eigenvalue weighted by molar-refractivity contribution is 7.91. The van der Waals surface area contributed by atoms with Gasteiger partial charge in [-0.25, -0.2) is 8.42 Å². The Kier molecular flexibility index (Phi) is 3.49. The van der Waals surface area contributed by atoms with Crippen LogP contribution in [0.2, 0.25) is 0 Å². The van der Waals surface area contributed by atoms with Crippen LogP contribution < -0.4 is 0 Å². The molecule has 0 aromatic carbocycles. The van der Waals surface area contributed by atoms with Gasteiger partial charge in [-0.05, 0) is 5.41 Å². The van der Waals surface area contributed by atoms with Crippen LogP contribution in [0.15, 0.2) is 12.4 Å². The van der Waals surface area contributed by atoms with Crippen LogP contribution in [0.25, 0.3) is 0 Å². The van der Waals surface area contributed by atoms with Crippen molar-refractivity contribution in [1.29, 1.82) is 0 Å². The number of hydrogen-bond donors (Lipinski definition) is 0. The average molecular weight is 231 g/mol. The average Bonchev–Trinajstić information content (AvgIpc) is 2.47. The molecule has 0 aliphatic heterocycles. The van der Waals surface area contributed by atoms with Crippen molar-refractivity contribution in [1.82, 2.24) is 15.0 Å². The maximum absolute atomic E-state index is 11.7. The molecule has 0 fully saturated rings. The van der Waals surface area contributed by atoms with E-state index in [0.717, 1.165) is 0 Å². The number of rotatable bonds is 4. The van der Waals surface area contributed by atoms with Crippen molar-refractivity contribution in [3.05, 3.63) is 12.4 Å². The fourth-order valence-electron chi connectivity index (χ4n) is 1.32. The van der Waals surface area contributed by atoms with E-state index in [9.17, 15) is 8.42 Å². The Bertz CT molecular complexity index is 389. The first kappa shape index (κ1) is 12.2. The monoisotopic (exact) mass is 231 g/mol. The molecule has 1 aromatic heterocycles. The predicted octanol–water partition coefficient (Wildman–Crippen LogP) is 0.739. The van der Waals surface area contributed by atoms with Crippen molar-refractivity contribution in [2.24, 2.45) is 5.41 Å². The van der Waals surface area contributed by atoms with Crippen LogP contribution in [0, 0.1) is 5.41 Å². The molecule has 0 saturated heterocycles. The Labute approximate surface area is 90.4 Å². The van der Waals surface area contributed by atoms with Gasteiger partial charge in [-0.2, -0.15) is 0 Å². The van der Waals surface area contributed by atoms with Crippen molar-refractivity contribution < 1.29 is 8.42 Å². The summed E-state index contributed by atoms with van der Waals surface area (Å²) >= 11 is 0. The van der Waals surface area contributed by atoms with Crippen molar-refractivity contribution in [2.75, 3.05) is 11.5 Å². The van der Waals surface area contributed by atoms with Gasteiger partial charge in [0, 0.05) is 6.20 Å². The van der Waals surface area contributed by atoms with Crippen LogP contribution in [0.3, 0.4) is 0 Å². The van der Waals surface area contributed by atoms with Crippen LogP contribution >= 0.6 is 0 Å². The molecular weight excluding hydrogens is 214 g/mol. The second-order valence-electron chi connectivity index (χ2n) is 4.82. The third kappa shape index (κ3) is 4.92. The summed E-state index contributed by atoms with van der Waals surface area (Å²) in [5.74, 6) is 0.322. The second kappa shape index (κ2) is 4.30. The molecule has 86 valence electrons. The molecule has 0 atom stereocenters. The minimum atomic E-state index is -3.00. The number of nitrogens with zero attached hydrogens (tertiary/aromatic N) is 3. The second-order valence-corrected chi connectivity index (χ2v) is 7.00. The zero-order valence-corrected chi connectivity index (χ0v) is 10.2. The third-order valence-corrected chi connectivity index (χ3v) is 3.87. The minimum absolute atomic E-state index is 0.119. The van der Waals surface area contributed by atoms with Gasteiger partial charge in [-0.1, -0.05) is 26.0 Å². The van der Waals surface area contributed by atoms with Gasteiger partial charge in [-0.15, -0.1) is 5.10 Å². The van der Waals surface area contributed by atoms with Gasteiger partial charge in [-0.3, -0.25) is 4.68 Å². The number of aromatic nitrogens is 3. The SMILES string of the molecule is CC(C)(C)CS(=O)(=O)CCn1ccnn1. The molecule has 6 heteroatoms. The fraction of sp³-hybridized carbons (Fsp3) is 0.778. The van der Waals surface area contributed by atoms with Crippen LogP contribution in [0.1, 0.15) is 20.8 Å². The summed E-state index contributed by atoms with van der Waals surface area (Å²) < 4.78 is 24.9. The van der Waals surface area contributed by atoms with Gasteiger partial charge in [0.1, 0.15) is 0 Å². The summed E-state index contributed by atoms with van der Waals surface area (Å²) in [4.78, 5) is 0. The molecule has 1 heterocycles. The number of sulfone groups is 1. The van der Waals surface area contributed by atoms with Gasteiger partial charge in [0.15, 0.2) is 9.84 Å². The normalized spacial score (nSPS) is 13.0. The molecule has 0 amide bonds. The Morgan fingerprint density at radius 2 is 2.00 bits per heavy atom. The lowest BCUT2D eigenvalue weighted by atomic mass is 10.0. The summed E-state index contributed by atoms with van der Waals surface area (Å²) in [6.07, 6.45) is 3.20. The smallest absolute Gasteiger partial charge is 0.152 e. The van der Waals surface area contributed by atoms with Crippen molar-refractivity contribution in [3.63, 3.8) is 0 Å². The van der Waals surface area contributed by atoms with Crippen LogP contribution in [0.4, 0.5) is 0 Å². The molecule has 1 rings (SSSR count). The predicted molar refractivity (Wildman–Crippen MR) is 58.1 cm³/mol. The van der Waals surface area contributed by atoms with Crippen molar-refractivity contribution in [2.45, 2.75) is 27.3 Å². The lowest BCUT2D eigenvalue weighted by molar-refractivity contribution is 0.460. The summed E-state index contributed by atoms with van der Waals surface area (Å²) in [7, 11) is -3.00. The van der Waals surface area contributed by atoms with Gasteiger partial charge in [0.05, 0.1) is 24.2 Å². The quantitative estimate of drug-likeness (QED) is 0.766. The van der Waals surface area contributed by atoms with E-state index < -0.39 is 9.84 Å². The summed E-state index contributed by atoms with van der Waals surface area (Å²) in [6, 6.07) is 0. The van der Waals surface area contributed by atoms with Gasteiger partial charge in [0.25, 0.3) is 0 Å². The van der Waals surface area contributed by atoms with E-state index in [-0.39, 0.29) is 16.9 Å². The van der Waals surface area contributed by atoms with Gasteiger partial charge >= 0.3 is 0 Å². The van der Waals surface area contributed by atoms with Crippen LogP contribution in [-0.2, 0) is 16.4 Å². The van der Waals surface area contributed by atoms with Crippen LogP contribution in [-0.4, -0.2) is 34.9 Å². The largest absolute Gasteiger partial charge is 0.252 e. The summed E-state index contributed by atoms with van der Waals surface area (Å²) in [6.45, 7) is 6.12. The standard InChI is InChI=1S/C9H17N3O2S/c1-9(2,3)8-15(13,14)7-6-12-5-4-10-11-12/h4-5H,6-8H2,1-3H3. The van der Waals surface area contributed by atoms with Crippen molar-refractivity contribution >= 4 is 9.84 Å². The maximum Gasteiger partial charge on any atom is 0.152 e. The van der Waals surface area contributed by atoms with E-state index in [1.807, 2.05) is 20.8 Å². The van der Waals surface area contributed by atoms with E-state index in [4.69, 9.17) is 0 Å². The molecule has 0 spiro atoms. The number of aryl methyl sites for hydroxylation is 1. The molecule has 15 heavy (non-hydrogen) atoms. The Morgan fingerprint density at radius 3 is 2.47 bits per heavy atom. The highest BCUT2D eigenvalue weighted by Crippen LogP contribution is 2.16. The summed E-state index contributed by atoms with van der Waals surface area (Å²) in [5, 5.41) is 7.33. The molecule has 0 aliphatic carbocycles. The molecule has 0 N–H and O–H groups in total. The molecule has 0 saturated carbocycles. The topological polar surface area (TPSA) is 64.8 Å². The van der Waals surface area contributed by atoms with E-state index >= 15 is 0 Å². The van der Waals surface area contributed by atoms with Gasteiger partial charge < -0.3 is 0 Å². The molecule has 1 aromatic rings. The maximum atomic E-state index is 11.7. The minimum Gasteiger partial charge on any atom is -0.252 e. The zero-order valence-electron chi connectivity index (χ0n) is 9.34. The number of hydrogen-bond acceptors (Lipinski definition) is 4. The van der Waals surface area contributed by atoms with E-state index in [2.05, 4.69) is 10.3 Å². The zero-order chi connectivity index (χ0) is 11.5. The molecule has 5 nitrogen and oxygen atoms in total. The van der Waals surface area contributed by atoms with E-state index in [0.29, 0.717) is 6.54 Å². The van der Waals surface area contributed by atoms with Gasteiger partial charge in [0.2, 0.25) is 0 Å². The first-order chi connectivity index (χ1) is 6.79. The molecular formula is C9H17N3O2S. The molecule has 0 bridgehead atoms. The third-order valence-electron chi connectivity index (χ3n) is 1.76. The Hall–Kier alpha value is -0.910. The van der Waals surface area contributed by atoms with E-state index in [1.165, 1.54) is 10.9 Å². The lowest BCUT2D eigenvalue weighted by Gasteiger charge is -2.17. The molecule has 0 radical (unpaired) electrons. The molecule has 0 aliphatic rings. The highest BCUT2D eigenvalue weighted by atomic mass is 32.2. The van der Waals surface area contributed by atoms with E-state index in [1.54, 1.807) is 6.20 Å². The molecule has 0 unspecified atom stereocenters. The van der Waals surface area contributed by atoms with Crippen LogP contribution in [0.5, 0.6) is 0 Å². The lowest BCUT2D eigenvalue weighted by Crippen LogP contribution is -2.25. The first-order valence-corrected chi connectivity index (χ1v) is 6.65. The Balaban J connectivity index is 2.51. The fourth-order valence-corrected chi connectivity index (χ4v) is 3.25. The highest BCUT2D eigenvalue weighted by Gasteiger charge is 2.21. The van der Waals surface area contributed by atoms with Crippen molar-refractivity contribution in [3.8, 4) is 0 Å². The Morgan fingerprint density at radius 1 is 1.33 bits per heavy atom.